The molecule has 104 valence electrons. The van der Waals surface area contributed by atoms with Crippen LogP contribution in [0.4, 0.5) is 0 Å². The fraction of sp³-hybridized carbons (Fsp3) is 0.500. The lowest BCUT2D eigenvalue weighted by Gasteiger charge is -2.32. The molecule has 4 nitrogen and oxygen atoms in total. The highest BCUT2D eigenvalue weighted by Gasteiger charge is 2.34. The Hall–Kier alpha value is -1.36. The first-order valence-corrected chi connectivity index (χ1v) is 8.07. The summed E-state index contributed by atoms with van der Waals surface area (Å²) in [5, 5.41) is 0. The summed E-state index contributed by atoms with van der Waals surface area (Å²) in [7, 11) is -3.72. The molecule has 1 aromatic rings. The second-order valence-corrected chi connectivity index (χ2v) is 6.74. The number of sulfonamides is 1. The van der Waals surface area contributed by atoms with E-state index in [1.807, 2.05) is 0 Å². The number of rotatable bonds is 3. The molecule has 1 aromatic carbocycles. The lowest BCUT2D eigenvalue weighted by atomic mass is 9.95. The summed E-state index contributed by atoms with van der Waals surface area (Å²) >= 11 is 0. The molecule has 0 N–H and O–H groups in total. The molecule has 1 fully saturated rings. The fourth-order valence-corrected chi connectivity index (χ4v) is 4.31. The van der Waals surface area contributed by atoms with Crippen molar-refractivity contribution >= 4 is 15.9 Å². The second kappa shape index (κ2) is 5.74. The number of hydrogen-bond acceptors (Lipinski definition) is 3. The molecule has 19 heavy (non-hydrogen) atoms. The third kappa shape index (κ3) is 2.97. The van der Waals surface area contributed by atoms with Gasteiger partial charge in [0, 0.05) is 13.0 Å². The van der Waals surface area contributed by atoms with Crippen LogP contribution in [-0.4, -0.2) is 24.7 Å². The molecule has 0 aromatic heterocycles. The molecule has 1 aliphatic carbocycles. The van der Waals surface area contributed by atoms with Gasteiger partial charge >= 0.3 is 0 Å². The van der Waals surface area contributed by atoms with Gasteiger partial charge in [-0.25, -0.2) is 12.7 Å². The average Bonchev–Trinajstić information content (AvgIpc) is 2.40. The van der Waals surface area contributed by atoms with Gasteiger partial charge in [0.25, 0.3) is 10.0 Å². The predicted molar refractivity (Wildman–Crippen MR) is 73.0 cm³/mol. The van der Waals surface area contributed by atoms with Gasteiger partial charge in [0.05, 0.1) is 4.90 Å². The minimum absolute atomic E-state index is 0.184. The van der Waals surface area contributed by atoms with Crippen LogP contribution >= 0.6 is 0 Å². The molecule has 0 unspecified atom stereocenters. The van der Waals surface area contributed by atoms with E-state index >= 15 is 0 Å². The second-order valence-electron chi connectivity index (χ2n) is 4.92. The van der Waals surface area contributed by atoms with Crippen LogP contribution < -0.4 is 0 Å². The average molecular weight is 281 g/mol. The highest BCUT2D eigenvalue weighted by molar-refractivity contribution is 7.89. The van der Waals surface area contributed by atoms with Crippen LogP contribution in [-0.2, 0) is 14.8 Å². The molecule has 1 saturated carbocycles. The number of benzene rings is 1. The maximum atomic E-state index is 12.6. The molecule has 1 aliphatic rings. The Morgan fingerprint density at radius 3 is 2.21 bits per heavy atom. The summed E-state index contributed by atoms with van der Waals surface area (Å²) < 4.78 is 26.2. The van der Waals surface area contributed by atoms with Crippen LogP contribution in [0.3, 0.4) is 0 Å². The maximum absolute atomic E-state index is 12.6. The SMILES string of the molecule is CC(=O)N(C1CCCCC1)S(=O)(=O)c1ccccc1. The summed E-state index contributed by atoms with van der Waals surface area (Å²) in [6.45, 7) is 1.33. The van der Waals surface area contributed by atoms with Crippen molar-refractivity contribution in [3.8, 4) is 0 Å². The van der Waals surface area contributed by atoms with Gasteiger partial charge in [0.2, 0.25) is 5.91 Å². The predicted octanol–water partition coefficient (Wildman–Crippen LogP) is 2.56. The Bertz CT molecular complexity index is 533. The van der Waals surface area contributed by atoms with Crippen LogP contribution in [0, 0.1) is 0 Å². The van der Waals surface area contributed by atoms with Gasteiger partial charge in [0.1, 0.15) is 0 Å². The standard InChI is InChI=1S/C14H19NO3S/c1-12(16)15(13-8-4-2-5-9-13)19(17,18)14-10-6-3-7-11-14/h3,6-7,10-11,13H,2,4-5,8-9H2,1H3. The Morgan fingerprint density at radius 2 is 1.68 bits per heavy atom. The molecule has 0 radical (unpaired) electrons. The minimum atomic E-state index is -3.72. The first kappa shape index (κ1) is 14.1. The van der Waals surface area contributed by atoms with Crippen LogP contribution in [0.1, 0.15) is 39.0 Å². The molecule has 1 amide bonds. The van der Waals surface area contributed by atoms with Crippen molar-refractivity contribution in [2.45, 2.75) is 50.0 Å². The van der Waals surface area contributed by atoms with Crippen LogP contribution in [0.25, 0.3) is 0 Å². The lowest BCUT2D eigenvalue weighted by Crippen LogP contribution is -2.44. The third-order valence-corrected chi connectivity index (χ3v) is 5.46. The van der Waals surface area contributed by atoms with E-state index in [9.17, 15) is 13.2 Å². The highest BCUT2D eigenvalue weighted by atomic mass is 32.2. The van der Waals surface area contributed by atoms with Crippen molar-refractivity contribution in [3.05, 3.63) is 30.3 Å². The molecular formula is C14H19NO3S. The van der Waals surface area contributed by atoms with Crippen LogP contribution in [0.2, 0.25) is 0 Å². The number of nitrogens with zero attached hydrogens (tertiary/aromatic N) is 1. The monoisotopic (exact) mass is 281 g/mol. The molecule has 0 aliphatic heterocycles. The van der Waals surface area contributed by atoms with E-state index in [1.54, 1.807) is 18.2 Å². The third-order valence-electron chi connectivity index (χ3n) is 3.52. The van der Waals surface area contributed by atoms with Gasteiger partial charge in [-0.1, -0.05) is 37.5 Å². The number of hydrogen-bond donors (Lipinski definition) is 0. The zero-order chi connectivity index (χ0) is 13.9. The van der Waals surface area contributed by atoms with Crippen molar-refractivity contribution in [3.63, 3.8) is 0 Å². The number of carbonyl (C=O) groups is 1. The van der Waals surface area contributed by atoms with Crippen molar-refractivity contribution < 1.29 is 13.2 Å². The van der Waals surface area contributed by atoms with E-state index < -0.39 is 15.9 Å². The van der Waals surface area contributed by atoms with E-state index in [0.717, 1.165) is 36.4 Å². The normalized spacial score (nSPS) is 17.1. The first-order valence-electron chi connectivity index (χ1n) is 6.63. The zero-order valence-electron chi connectivity index (χ0n) is 11.1. The van der Waals surface area contributed by atoms with E-state index in [-0.39, 0.29) is 10.9 Å². The summed E-state index contributed by atoms with van der Waals surface area (Å²) in [6.07, 6.45) is 4.63. The summed E-state index contributed by atoms with van der Waals surface area (Å²) in [4.78, 5) is 12.0. The number of amides is 1. The van der Waals surface area contributed by atoms with E-state index in [1.165, 1.54) is 19.1 Å². The van der Waals surface area contributed by atoms with Gasteiger partial charge in [-0.3, -0.25) is 4.79 Å². The first-order chi connectivity index (χ1) is 9.03. The van der Waals surface area contributed by atoms with E-state index in [2.05, 4.69) is 0 Å². The van der Waals surface area contributed by atoms with Crippen LogP contribution in [0.5, 0.6) is 0 Å². The smallest absolute Gasteiger partial charge is 0.266 e. The Kier molecular flexibility index (Phi) is 4.24. The van der Waals surface area contributed by atoms with Crippen LogP contribution in [0.15, 0.2) is 35.2 Å². The van der Waals surface area contributed by atoms with Crippen molar-refractivity contribution in [1.82, 2.24) is 4.31 Å². The zero-order valence-corrected chi connectivity index (χ0v) is 11.9. The lowest BCUT2D eigenvalue weighted by molar-refractivity contribution is -0.126. The molecule has 0 spiro atoms. The summed E-state index contributed by atoms with van der Waals surface area (Å²) in [5.74, 6) is -0.393. The maximum Gasteiger partial charge on any atom is 0.266 e. The topological polar surface area (TPSA) is 54.5 Å². The molecule has 2 rings (SSSR count). The molecule has 0 saturated heterocycles. The van der Waals surface area contributed by atoms with Gasteiger partial charge in [-0.05, 0) is 25.0 Å². The van der Waals surface area contributed by atoms with Gasteiger partial charge in [-0.2, -0.15) is 0 Å². The summed E-state index contributed by atoms with van der Waals surface area (Å²) in [6, 6.07) is 7.99. The molecule has 0 atom stereocenters. The van der Waals surface area contributed by atoms with Crippen molar-refractivity contribution in [2.75, 3.05) is 0 Å². The molecule has 5 heteroatoms. The Morgan fingerprint density at radius 1 is 1.11 bits per heavy atom. The molecule has 0 heterocycles. The number of carbonyl (C=O) groups excluding carboxylic acids is 1. The van der Waals surface area contributed by atoms with E-state index in [4.69, 9.17) is 0 Å². The summed E-state index contributed by atoms with van der Waals surface area (Å²) in [5.41, 5.74) is 0. The Balaban J connectivity index is 2.36. The quantitative estimate of drug-likeness (QED) is 0.855. The van der Waals surface area contributed by atoms with Crippen molar-refractivity contribution in [2.24, 2.45) is 0 Å². The molecular weight excluding hydrogens is 262 g/mol. The molecule has 0 bridgehead atoms. The Labute approximate surface area is 114 Å². The largest absolute Gasteiger partial charge is 0.274 e. The van der Waals surface area contributed by atoms with Gasteiger partial charge in [0.15, 0.2) is 0 Å². The minimum Gasteiger partial charge on any atom is -0.274 e. The van der Waals surface area contributed by atoms with E-state index in [0.29, 0.717) is 0 Å². The highest BCUT2D eigenvalue weighted by Crippen LogP contribution is 2.27. The van der Waals surface area contributed by atoms with Crippen molar-refractivity contribution in [1.29, 1.82) is 0 Å². The van der Waals surface area contributed by atoms with Gasteiger partial charge < -0.3 is 0 Å². The fourth-order valence-electron chi connectivity index (χ4n) is 2.64. The van der Waals surface area contributed by atoms with Gasteiger partial charge in [-0.15, -0.1) is 0 Å².